The predicted octanol–water partition coefficient (Wildman–Crippen LogP) is 2.89. The van der Waals surface area contributed by atoms with Crippen molar-refractivity contribution < 1.29 is 19.1 Å². The number of nitrogens with zero attached hydrogens (tertiary/aromatic N) is 1. The molecule has 7 heteroatoms. The maximum Gasteiger partial charge on any atom is 0.334 e. The van der Waals surface area contributed by atoms with Gasteiger partial charge >= 0.3 is 5.97 Å². The van der Waals surface area contributed by atoms with Gasteiger partial charge in [-0.25, -0.2) is 4.79 Å². The van der Waals surface area contributed by atoms with E-state index < -0.39 is 18.1 Å². The summed E-state index contributed by atoms with van der Waals surface area (Å²) in [5.74, 6) is 0.0870. The first kappa shape index (κ1) is 24.2. The topological polar surface area (TPSA) is 108 Å². The maximum absolute atomic E-state index is 13.1. The number of amides is 1. The second-order valence-corrected chi connectivity index (χ2v) is 7.96. The van der Waals surface area contributed by atoms with Gasteiger partial charge in [0.1, 0.15) is 17.5 Å². The average Bonchev–Trinajstić information content (AvgIpc) is 2.83. The normalized spacial score (nSPS) is 12.7. The summed E-state index contributed by atoms with van der Waals surface area (Å²) in [4.78, 5) is 27.5. The van der Waals surface area contributed by atoms with Gasteiger partial charge in [0, 0.05) is 18.5 Å². The maximum atomic E-state index is 13.1. The summed E-state index contributed by atoms with van der Waals surface area (Å²) in [5.41, 5.74) is 12.8. The third kappa shape index (κ3) is 6.09. The van der Waals surface area contributed by atoms with Crippen LogP contribution in [0.25, 0.3) is 10.8 Å². The van der Waals surface area contributed by atoms with Gasteiger partial charge in [-0.15, -0.1) is 0 Å². The second-order valence-electron chi connectivity index (χ2n) is 7.96. The number of nitrogens with two attached hydrogens (primary N) is 2. The monoisotopic (exact) mass is 449 g/mol. The molecule has 0 aliphatic rings. The minimum atomic E-state index is -0.805. The van der Waals surface area contributed by atoms with Crippen molar-refractivity contribution in [3.63, 3.8) is 0 Å². The number of fused-ring (bicyclic) bond motifs is 1. The van der Waals surface area contributed by atoms with Gasteiger partial charge in [0.15, 0.2) is 0 Å². The Bertz CT molecular complexity index is 1090. The van der Waals surface area contributed by atoms with Crippen LogP contribution in [-0.4, -0.2) is 49.6 Å². The quantitative estimate of drug-likeness (QED) is 0.364. The molecule has 0 aromatic heterocycles. The average molecular weight is 450 g/mol. The molecule has 0 fully saturated rings. The van der Waals surface area contributed by atoms with Gasteiger partial charge < -0.3 is 25.8 Å². The molecule has 3 rings (SSSR count). The summed E-state index contributed by atoms with van der Waals surface area (Å²) in [6.07, 6.45) is 1.32. The minimum absolute atomic E-state index is 0.325. The first-order valence-electron chi connectivity index (χ1n) is 11.0. The number of methoxy groups -OCH3 is 1. The fraction of sp³-hybridized carbons (Fsp3) is 0.308. The van der Waals surface area contributed by atoms with Crippen LogP contribution < -0.4 is 20.9 Å². The zero-order chi connectivity index (χ0) is 23.8. The lowest BCUT2D eigenvalue weighted by Crippen LogP contribution is -2.51. The summed E-state index contributed by atoms with van der Waals surface area (Å²) >= 11 is 0. The largest absolute Gasteiger partial charge is 0.496 e. The van der Waals surface area contributed by atoms with Crippen LogP contribution in [0.15, 0.2) is 66.7 Å². The van der Waals surface area contributed by atoms with Crippen molar-refractivity contribution in [2.45, 2.75) is 31.3 Å². The lowest BCUT2D eigenvalue weighted by atomic mass is 10.0. The van der Waals surface area contributed by atoms with E-state index in [0.717, 1.165) is 16.3 Å². The highest BCUT2D eigenvalue weighted by molar-refractivity contribution is 5.91. The van der Waals surface area contributed by atoms with Crippen LogP contribution in [0.5, 0.6) is 11.5 Å². The van der Waals surface area contributed by atoms with Crippen LogP contribution in [0, 0.1) is 0 Å². The van der Waals surface area contributed by atoms with E-state index >= 15 is 0 Å². The molecule has 1 amide bonds. The van der Waals surface area contributed by atoms with Crippen LogP contribution in [0.1, 0.15) is 18.4 Å². The number of likely N-dealkylation sites (N-methyl/N-ethyl adjacent to an activating group) is 1. The summed E-state index contributed by atoms with van der Waals surface area (Å²) in [6.45, 7) is 0.395. The van der Waals surface area contributed by atoms with E-state index in [1.165, 1.54) is 4.90 Å². The highest BCUT2D eigenvalue weighted by Crippen LogP contribution is 2.31. The van der Waals surface area contributed by atoms with E-state index in [1.54, 1.807) is 26.3 Å². The molecular formula is C26H31N3O4. The van der Waals surface area contributed by atoms with Crippen LogP contribution in [0.4, 0.5) is 0 Å². The molecule has 0 saturated carbocycles. The molecule has 0 radical (unpaired) electrons. The van der Waals surface area contributed by atoms with Crippen molar-refractivity contribution in [3.8, 4) is 11.5 Å². The van der Waals surface area contributed by atoms with Gasteiger partial charge in [0.25, 0.3) is 0 Å². The van der Waals surface area contributed by atoms with Crippen LogP contribution in [-0.2, 0) is 16.0 Å². The Kier molecular flexibility index (Phi) is 8.40. The molecule has 0 heterocycles. The minimum Gasteiger partial charge on any atom is -0.496 e. The summed E-state index contributed by atoms with van der Waals surface area (Å²) in [5, 5.41) is 1.80. The SMILES string of the molecule is COc1cc(OC(=O)[C@H](CCCN)N(C)C(=O)[C@@H](N)Cc2ccccc2)cc2ccccc12. The molecule has 0 unspecified atom stereocenters. The molecule has 2 atom stereocenters. The number of benzene rings is 3. The van der Waals surface area contributed by atoms with Crippen LogP contribution in [0.2, 0.25) is 0 Å². The van der Waals surface area contributed by atoms with Gasteiger partial charge in [0.2, 0.25) is 5.91 Å². The number of carbonyl (C=O) groups is 2. The molecule has 33 heavy (non-hydrogen) atoms. The van der Waals surface area contributed by atoms with Crippen LogP contribution in [0.3, 0.4) is 0 Å². The summed E-state index contributed by atoms with van der Waals surface area (Å²) in [7, 11) is 3.15. The highest BCUT2D eigenvalue weighted by Gasteiger charge is 2.31. The number of carbonyl (C=O) groups excluding carboxylic acids is 2. The van der Waals surface area contributed by atoms with E-state index in [2.05, 4.69) is 0 Å². The van der Waals surface area contributed by atoms with Gasteiger partial charge in [-0.3, -0.25) is 4.79 Å². The third-order valence-electron chi connectivity index (χ3n) is 5.62. The van der Waals surface area contributed by atoms with E-state index in [-0.39, 0.29) is 5.91 Å². The van der Waals surface area contributed by atoms with E-state index in [9.17, 15) is 9.59 Å². The molecular weight excluding hydrogens is 418 g/mol. The molecule has 3 aromatic carbocycles. The molecule has 4 N–H and O–H groups in total. The Morgan fingerprint density at radius 3 is 2.42 bits per heavy atom. The molecule has 7 nitrogen and oxygen atoms in total. The Hall–Kier alpha value is -3.42. The van der Waals surface area contributed by atoms with Gasteiger partial charge in [-0.2, -0.15) is 0 Å². The molecule has 3 aromatic rings. The van der Waals surface area contributed by atoms with E-state index in [0.29, 0.717) is 37.3 Å². The number of esters is 1. The molecule has 0 saturated heterocycles. The number of hydrogen-bond donors (Lipinski definition) is 2. The van der Waals surface area contributed by atoms with E-state index in [4.69, 9.17) is 20.9 Å². The molecule has 0 spiro atoms. The van der Waals surface area contributed by atoms with Crippen molar-refractivity contribution in [1.82, 2.24) is 4.90 Å². The lowest BCUT2D eigenvalue weighted by Gasteiger charge is -2.29. The van der Waals surface area contributed by atoms with Crippen molar-refractivity contribution >= 4 is 22.6 Å². The first-order chi connectivity index (χ1) is 15.9. The fourth-order valence-corrected chi connectivity index (χ4v) is 3.81. The highest BCUT2D eigenvalue weighted by atomic mass is 16.5. The van der Waals surface area contributed by atoms with Crippen molar-refractivity contribution in [2.75, 3.05) is 20.7 Å². The van der Waals surface area contributed by atoms with E-state index in [1.807, 2.05) is 54.6 Å². The number of hydrogen-bond acceptors (Lipinski definition) is 6. The molecule has 0 bridgehead atoms. The first-order valence-corrected chi connectivity index (χ1v) is 11.0. The van der Waals surface area contributed by atoms with Gasteiger partial charge in [-0.1, -0.05) is 54.6 Å². The van der Waals surface area contributed by atoms with Gasteiger partial charge in [-0.05, 0) is 42.8 Å². The zero-order valence-electron chi connectivity index (χ0n) is 19.1. The zero-order valence-corrected chi connectivity index (χ0v) is 19.1. The van der Waals surface area contributed by atoms with Crippen molar-refractivity contribution in [2.24, 2.45) is 11.5 Å². The summed E-state index contributed by atoms with van der Waals surface area (Å²) < 4.78 is 11.2. The van der Waals surface area contributed by atoms with Crippen LogP contribution >= 0.6 is 0 Å². The number of ether oxygens (including phenoxy) is 2. The summed E-state index contributed by atoms with van der Waals surface area (Å²) in [6, 6.07) is 19.1. The third-order valence-corrected chi connectivity index (χ3v) is 5.62. The van der Waals surface area contributed by atoms with Crippen molar-refractivity contribution in [1.29, 1.82) is 0 Å². The Morgan fingerprint density at radius 2 is 1.73 bits per heavy atom. The fourth-order valence-electron chi connectivity index (χ4n) is 3.81. The second kappa shape index (κ2) is 11.4. The standard InChI is InChI=1S/C26H31N3O4/c1-29(25(30)22(28)15-18-9-4-3-5-10-18)23(13-8-14-27)26(31)33-20-16-19-11-6-7-12-21(19)24(17-20)32-2/h3-7,9-12,16-17,22-23H,8,13-15,27-28H2,1-2H3/t22-,23-/m0/s1. The molecule has 0 aliphatic heterocycles. The molecule has 0 aliphatic carbocycles. The van der Waals surface area contributed by atoms with Crippen molar-refractivity contribution in [3.05, 3.63) is 72.3 Å². The Labute approximate surface area is 194 Å². The van der Waals surface area contributed by atoms with Gasteiger partial charge in [0.05, 0.1) is 13.2 Å². The molecule has 174 valence electrons. The Morgan fingerprint density at radius 1 is 1.03 bits per heavy atom. The Balaban J connectivity index is 1.77. The smallest absolute Gasteiger partial charge is 0.334 e. The number of rotatable bonds is 10. The predicted molar refractivity (Wildman–Crippen MR) is 129 cm³/mol. The lowest BCUT2D eigenvalue weighted by molar-refractivity contribution is -0.147.